The van der Waals surface area contributed by atoms with Gasteiger partial charge in [0.2, 0.25) is 0 Å². The molecule has 0 aromatic heterocycles. The van der Waals surface area contributed by atoms with E-state index in [9.17, 15) is 0 Å². The molecule has 0 fully saturated rings. The van der Waals surface area contributed by atoms with E-state index < -0.39 is 0 Å². The van der Waals surface area contributed by atoms with Gasteiger partial charge in [0.25, 0.3) is 0 Å². The number of hydrogen-bond donors (Lipinski definition) is 0. The SMILES string of the molecule is CP(I)N=P. The van der Waals surface area contributed by atoms with Crippen LogP contribution in [0.1, 0.15) is 0 Å². The molecule has 1 unspecified atom stereocenters. The second-order valence-electron chi connectivity index (χ2n) is 0.545. The molecule has 4 heteroatoms. The summed E-state index contributed by atoms with van der Waals surface area (Å²) < 4.78 is 3.75. The molecule has 0 heterocycles. The van der Waals surface area contributed by atoms with Gasteiger partial charge in [0.15, 0.2) is 0 Å². The predicted molar refractivity (Wildman–Crippen MR) is 37.6 cm³/mol. The fraction of sp³-hybridized carbons (Fsp3) is 1.00. The zero-order valence-electron chi connectivity index (χ0n) is 2.77. The van der Waals surface area contributed by atoms with Crippen LogP contribution in [-0.4, -0.2) is 6.66 Å². The van der Waals surface area contributed by atoms with Crippen molar-refractivity contribution in [1.82, 2.24) is 0 Å². The monoisotopic (exact) mass is 219 g/mol. The molecule has 5 heavy (non-hydrogen) atoms. The van der Waals surface area contributed by atoms with E-state index in [1.54, 1.807) is 0 Å². The van der Waals surface area contributed by atoms with Crippen molar-refractivity contribution >= 4 is 36.8 Å². The van der Waals surface area contributed by atoms with Crippen LogP contribution in [0.2, 0.25) is 0 Å². The first kappa shape index (κ1) is 6.26. The molecule has 0 spiro atoms. The Morgan fingerprint density at radius 2 is 2.20 bits per heavy atom. The summed E-state index contributed by atoms with van der Waals surface area (Å²) in [5.41, 5.74) is -0.0897. The first-order chi connectivity index (χ1) is 2.27. The van der Waals surface area contributed by atoms with E-state index in [-0.39, 0.29) is 5.71 Å². The van der Waals surface area contributed by atoms with E-state index >= 15 is 0 Å². The van der Waals surface area contributed by atoms with Gasteiger partial charge < -0.3 is 0 Å². The minimum atomic E-state index is -0.0897. The number of hydrogen-bond acceptors (Lipinski definition) is 1. The first-order valence-electron chi connectivity index (χ1n) is 1.04. The average Bonchev–Trinajstić information content (AvgIpc) is 1.38. The molecule has 0 aromatic carbocycles. The lowest BCUT2D eigenvalue weighted by Crippen LogP contribution is -1.30. The van der Waals surface area contributed by atoms with Crippen molar-refractivity contribution in [2.75, 3.05) is 6.66 Å². The van der Waals surface area contributed by atoms with E-state index in [1.165, 1.54) is 0 Å². The molecule has 0 N–H and O–H groups in total. The summed E-state index contributed by atoms with van der Waals surface area (Å²) in [5.74, 6) is 0. The maximum absolute atomic E-state index is 3.75. The predicted octanol–water partition coefficient (Wildman–Crippen LogP) is 2.69. The van der Waals surface area contributed by atoms with Gasteiger partial charge in [-0.25, -0.2) is 4.52 Å². The van der Waals surface area contributed by atoms with Gasteiger partial charge in [0.1, 0.15) is 0 Å². The van der Waals surface area contributed by atoms with E-state index in [2.05, 4.69) is 42.3 Å². The smallest absolute Gasteiger partial charge is 0.0814 e. The summed E-state index contributed by atoms with van der Waals surface area (Å²) in [5, 5.41) is 0. The Labute approximate surface area is 48.1 Å². The van der Waals surface area contributed by atoms with Crippen LogP contribution in [0.4, 0.5) is 0 Å². The van der Waals surface area contributed by atoms with Crippen molar-refractivity contribution < 1.29 is 0 Å². The highest BCUT2D eigenvalue weighted by Crippen LogP contribution is 2.42. The molecule has 0 aliphatic heterocycles. The molecule has 0 aromatic rings. The molecule has 0 aliphatic carbocycles. The molecule has 0 amide bonds. The third-order valence-corrected chi connectivity index (χ3v) is 3.18. The normalized spacial score (nSPS) is 14.0. The molecule has 0 saturated heterocycles. The number of halogens is 1. The van der Waals surface area contributed by atoms with Crippen LogP contribution in [0.25, 0.3) is 0 Å². The van der Waals surface area contributed by atoms with Crippen LogP contribution in [0.3, 0.4) is 0 Å². The first-order valence-corrected chi connectivity index (χ1v) is 6.01. The van der Waals surface area contributed by atoms with E-state index in [4.69, 9.17) is 0 Å². The van der Waals surface area contributed by atoms with Gasteiger partial charge in [-0.05, 0) is 37.7 Å². The summed E-state index contributed by atoms with van der Waals surface area (Å²) >= 11 is 2.26. The summed E-state index contributed by atoms with van der Waals surface area (Å²) in [4.78, 5) is 0. The van der Waals surface area contributed by atoms with Crippen LogP contribution in [-0.2, 0) is 0 Å². The molecular weight excluding hydrogens is 215 g/mol. The lowest BCUT2D eigenvalue weighted by molar-refractivity contribution is 2.03. The van der Waals surface area contributed by atoms with Crippen LogP contribution in [0, 0.1) is 0 Å². The van der Waals surface area contributed by atoms with Crippen molar-refractivity contribution in [3.8, 4) is 0 Å². The van der Waals surface area contributed by atoms with E-state index in [0.29, 0.717) is 0 Å². The van der Waals surface area contributed by atoms with Crippen molar-refractivity contribution in [2.45, 2.75) is 0 Å². The third-order valence-electron chi connectivity index (χ3n) is 0.138. The van der Waals surface area contributed by atoms with Crippen molar-refractivity contribution in [2.24, 2.45) is 4.52 Å². The van der Waals surface area contributed by atoms with Crippen molar-refractivity contribution in [3.05, 3.63) is 0 Å². The molecule has 1 atom stereocenters. The zero-order valence-corrected chi connectivity index (χ0v) is 6.82. The van der Waals surface area contributed by atoms with Gasteiger partial charge in [-0.3, -0.25) is 0 Å². The molecule has 0 rings (SSSR count). The molecule has 0 saturated carbocycles. The largest absolute Gasteiger partial charge is 0.238 e. The lowest BCUT2D eigenvalue weighted by Gasteiger charge is -1.81. The highest BCUT2D eigenvalue weighted by atomic mass is 127. The quantitative estimate of drug-likeness (QED) is 0.474. The highest BCUT2D eigenvalue weighted by Gasteiger charge is 1.78. The van der Waals surface area contributed by atoms with Crippen LogP contribution in [0.5, 0.6) is 0 Å². The zero-order chi connectivity index (χ0) is 4.28. The molecule has 1 nitrogen and oxygen atoms in total. The summed E-state index contributed by atoms with van der Waals surface area (Å²) in [6.45, 7) is 2.06. The Kier molecular flexibility index (Phi) is 4.32. The Morgan fingerprint density at radius 3 is 2.20 bits per heavy atom. The van der Waals surface area contributed by atoms with Crippen LogP contribution < -0.4 is 0 Å². The summed E-state index contributed by atoms with van der Waals surface area (Å²) in [6.07, 6.45) is 0. The Bertz CT molecular complexity index is 36.6. The van der Waals surface area contributed by atoms with Gasteiger partial charge in [0.05, 0.1) is 5.71 Å². The standard InChI is InChI=1S/CH4INP2/c1-5(2)3-4/h4H,1H3. The molecular formula is CH4INP2. The molecule has 0 bridgehead atoms. The lowest BCUT2D eigenvalue weighted by atomic mass is 12.0. The fourth-order valence-corrected chi connectivity index (χ4v) is 0. The number of nitrogens with zero attached hydrogens (tertiary/aromatic N) is 1. The highest BCUT2D eigenvalue weighted by molar-refractivity contribution is 14.2. The van der Waals surface area contributed by atoms with Crippen molar-refractivity contribution in [1.29, 1.82) is 0 Å². The average molecular weight is 219 g/mol. The summed E-state index contributed by atoms with van der Waals surface area (Å²) in [7, 11) is 3.00. The summed E-state index contributed by atoms with van der Waals surface area (Å²) in [6, 6.07) is 0. The fourth-order valence-electron chi connectivity index (χ4n) is 0. The maximum atomic E-state index is 3.75. The Balaban J connectivity index is 2.83. The Hall–Kier alpha value is 1.26. The second-order valence-corrected chi connectivity index (χ2v) is 6.42. The van der Waals surface area contributed by atoms with Gasteiger partial charge in [-0.1, -0.05) is 0 Å². The van der Waals surface area contributed by atoms with Crippen LogP contribution >= 0.6 is 36.8 Å². The molecule has 30 valence electrons. The van der Waals surface area contributed by atoms with Crippen LogP contribution in [0.15, 0.2) is 4.52 Å². The van der Waals surface area contributed by atoms with E-state index in [0.717, 1.165) is 0 Å². The minimum Gasteiger partial charge on any atom is -0.238 e. The minimum absolute atomic E-state index is 0.0897. The number of rotatable bonds is 1. The van der Waals surface area contributed by atoms with Gasteiger partial charge in [-0.15, -0.1) is 0 Å². The topological polar surface area (TPSA) is 12.4 Å². The molecule has 0 radical (unpaired) electrons. The third kappa shape index (κ3) is 5.26. The second kappa shape index (κ2) is 3.45. The Morgan fingerprint density at radius 1 is 2.00 bits per heavy atom. The maximum Gasteiger partial charge on any atom is 0.0814 e. The molecule has 0 aliphatic rings. The van der Waals surface area contributed by atoms with Gasteiger partial charge in [0, 0.05) is 0 Å². The van der Waals surface area contributed by atoms with E-state index in [1.807, 2.05) is 0 Å². The van der Waals surface area contributed by atoms with Gasteiger partial charge in [-0.2, -0.15) is 0 Å². The van der Waals surface area contributed by atoms with Crippen molar-refractivity contribution in [3.63, 3.8) is 0 Å². The van der Waals surface area contributed by atoms with Gasteiger partial charge >= 0.3 is 0 Å².